The van der Waals surface area contributed by atoms with Crippen LogP contribution < -0.4 is 0 Å². The summed E-state index contributed by atoms with van der Waals surface area (Å²) in [5.41, 5.74) is 1.84. The molecule has 0 saturated carbocycles. The maximum Gasteiger partial charge on any atom is 0.360 e. The van der Waals surface area contributed by atoms with Crippen LogP contribution >= 0.6 is 0 Å². The first kappa shape index (κ1) is 11.2. The van der Waals surface area contributed by atoms with Crippen molar-refractivity contribution in [1.82, 2.24) is 0 Å². The lowest BCUT2D eigenvalue weighted by molar-refractivity contribution is -0.132. The topological polar surface area (TPSA) is 47.9 Å². The number of hydrogen-bond donors (Lipinski definition) is 0. The van der Waals surface area contributed by atoms with Gasteiger partial charge in [-0.2, -0.15) is 0 Å². The number of nitrogens with zero attached hydrogens (tertiary/aromatic N) is 1. The number of carbonyl (C=O) groups excluding carboxylic acids is 1. The number of methoxy groups -OCH3 is 1. The lowest BCUT2D eigenvalue weighted by Crippen LogP contribution is -2.18. The van der Waals surface area contributed by atoms with Crippen molar-refractivity contribution in [2.75, 3.05) is 14.2 Å². The van der Waals surface area contributed by atoms with E-state index in [4.69, 9.17) is 0 Å². The highest BCUT2D eigenvalue weighted by molar-refractivity contribution is 6.43. The van der Waals surface area contributed by atoms with Gasteiger partial charge in [0.2, 0.25) is 0 Å². The van der Waals surface area contributed by atoms with Gasteiger partial charge in [0, 0.05) is 5.56 Å². The molecule has 0 amide bonds. The van der Waals surface area contributed by atoms with Gasteiger partial charge in [-0.15, -0.1) is 0 Å². The SMILES string of the molecule is CON=C(C(=O)OC)c1ccccc1C. The molecule has 0 N–H and O–H groups in total. The van der Waals surface area contributed by atoms with E-state index in [0.717, 1.165) is 5.56 Å². The van der Waals surface area contributed by atoms with Crippen LogP contribution in [-0.2, 0) is 14.4 Å². The summed E-state index contributed by atoms with van der Waals surface area (Å²) < 4.78 is 4.62. The van der Waals surface area contributed by atoms with Crippen LogP contribution in [0.1, 0.15) is 11.1 Å². The summed E-state index contributed by atoms with van der Waals surface area (Å²) >= 11 is 0. The Bertz CT molecular complexity index is 385. The molecule has 80 valence electrons. The Morgan fingerprint density at radius 1 is 1.27 bits per heavy atom. The average molecular weight is 207 g/mol. The Morgan fingerprint density at radius 3 is 2.47 bits per heavy atom. The third-order valence-corrected chi connectivity index (χ3v) is 1.96. The van der Waals surface area contributed by atoms with Crippen LogP contribution in [0.15, 0.2) is 29.4 Å². The average Bonchev–Trinajstić information content (AvgIpc) is 2.26. The van der Waals surface area contributed by atoms with E-state index in [2.05, 4.69) is 14.7 Å². The Labute approximate surface area is 88.5 Å². The molecule has 0 spiro atoms. The smallest absolute Gasteiger partial charge is 0.360 e. The largest absolute Gasteiger partial charge is 0.464 e. The Morgan fingerprint density at radius 2 is 1.93 bits per heavy atom. The van der Waals surface area contributed by atoms with E-state index in [9.17, 15) is 4.79 Å². The highest BCUT2D eigenvalue weighted by atomic mass is 16.6. The molecule has 1 aromatic carbocycles. The fourth-order valence-corrected chi connectivity index (χ4v) is 1.22. The molecule has 0 heterocycles. The summed E-state index contributed by atoms with van der Waals surface area (Å²) in [5.74, 6) is -0.508. The molecule has 1 aromatic rings. The zero-order chi connectivity index (χ0) is 11.3. The van der Waals surface area contributed by atoms with Gasteiger partial charge in [0.15, 0.2) is 5.71 Å². The minimum absolute atomic E-state index is 0.179. The Kier molecular flexibility index (Phi) is 3.85. The summed E-state index contributed by atoms with van der Waals surface area (Å²) in [6.07, 6.45) is 0. The Hall–Kier alpha value is -1.84. The van der Waals surface area contributed by atoms with Crippen LogP contribution in [0.5, 0.6) is 0 Å². The number of benzene rings is 1. The lowest BCUT2D eigenvalue weighted by atomic mass is 10.0. The van der Waals surface area contributed by atoms with Crippen LogP contribution in [0.25, 0.3) is 0 Å². The zero-order valence-corrected chi connectivity index (χ0v) is 8.98. The van der Waals surface area contributed by atoms with Crippen molar-refractivity contribution in [3.05, 3.63) is 35.4 Å². The minimum atomic E-state index is -0.508. The molecule has 1 rings (SSSR count). The highest BCUT2D eigenvalue weighted by Gasteiger charge is 2.16. The lowest BCUT2D eigenvalue weighted by Gasteiger charge is -2.06. The van der Waals surface area contributed by atoms with Gasteiger partial charge in [0.25, 0.3) is 0 Å². The molecule has 0 atom stereocenters. The molecule has 0 aliphatic rings. The number of ether oxygens (including phenoxy) is 1. The molecule has 15 heavy (non-hydrogen) atoms. The third kappa shape index (κ3) is 2.56. The number of rotatable bonds is 3. The van der Waals surface area contributed by atoms with Crippen molar-refractivity contribution in [2.24, 2.45) is 5.16 Å². The molecular formula is C11H13NO3. The van der Waals surface area contributed by atoms with E-state index >= 15 is 0 Å². The first-order chi connectivity index (χ1) is 7.20. The minimum Gasteiger partial charge on any atom is -0.464 e. The van der Waals surface area contributed by atoms with Gasteiger partial charge in [-0.25, -0.2) is 4.79 Å². The quantitative estimate of drug-likeness (QED) is 0.429. The van der Waals surface area contributed by atoms with E-state index in [1.165, 1.54) is 14.2 Å². The maximum atomic E-state index is 11.4. The first-order valence-corrected chi connectivity index (χ1v) is 4.46. The normalized spacial score (nSPS) is 11.0. The second-order valence-corrected chi connectivity index (χ2v) is 2.93. The van der Waals surface area contributed by atoms with E-state index in [1.807, 2.05) is 25.1 Å². The molecule has 4 nitrogen and oxygen atoms in total. The second kappa shape index (κ2) is 5.14. The van der Waals surface area contributed by atoms with E-state index < -0.39 is 5.97 Å². The molecule has 0 saturated heterocycles. The van der Waals surface area contributed by atoms with Crippen LogP contribution in [-0.4, -0.2) is 25.9 Å². The number of esters is 1. The van der Waals surface area contributed by atoms with Crippen LogP contribution in [0.3, 0.4) is 0 Å². The van der Waals surface area contributed by atoms with Crippen LogP contribution in [0.2, 0.25) is 0 Å². The molecule has 0 aliphatic carbocycles. The molecule has 0 aliphatic heterocycles. The van der Waals surface area contributed by atoms with Crippen LogP contribution in [0.4, 0.5) is 0 Å². The van der Waals surface area contributed by atoms with Crippen molar-refractivity contribution in [1.29, 1.82) is 0 Å². The van der Waals surface area contributed by atoms with Crippen molar-refractivity contribution in [2.45, 2.75) is 6.92 Å². The van der Waals surface area contributed by atoms with Crippen molar-refractivity contribution in [3.8, 4) is 0 Å². The van der Waals surface area contributed by atoms with Gasteiger partial charge < -0.3 is 9.57 Å². The van der Waals surface area contributed by atoms with Gasteiger partial charge in [0.05, 0.1) is 7.11 Å². The number of carbonyl (C=O) groups is 1. The van der Waals surface area contributed by atoms with Crippen molar-refractivity contribution < 1.29 is 14.4 Å². The summed E-state index contributed by atoms with van der Waals surface area (Å²) in [6.45, 7) is 1.89. The fourth-order valence-electron chi connectivity index (χ4n) is 1.22. The molecular weight excluding hydrogens is 194 g/mol. The Balaban J connectivity index is 3.17. The fraction of sp³-hybridized carbons (Fsp3) is 0.273. The predicted octanol–water partition coefficient (Wildman–Crippen LogP) is 1.52. The summed E-state index contributed by atoms with van der Waals surface area (Å²) in [5, 5.41) is 3.67. The van der Waals surface area contributed by atoms with Crippen molar-refractivity contribution in [3.63, 3.8) is 0 Å². The standard InChI is InChI=1S/C11H13NO3/c1-8-6-4-5-7-9(8)10(12-15-3)11(13)14-2/h4-7H,1-3H3. The predicted molar refractivity (Wildman–Crippen MR) is 56.7 cm³/mol. The van der Waals surface area contributed by atoms with Gasteiger partial charge in [-0.05, 0) is 12.5 Å². The molecule has 0 bridgehead atoms. The molecule has 0 unspecified atom stereocenters. The third-order valence-electron chi connectivity index (χ3n) is 1.96. The molecule has 0 aromatic heterocycles. The number of aryl methyl sites for hydroxylation is 1. The van der Waals surface area contributed by atoms with Gasteiger partial charge >= 0.3 is 5.97 Å². The van der Waals surface area contributed by atoms with Crippen LogP contribution in [0, 0.1) is 6.92 Å². The molecule has 0 radical (unpaired) electrons. The van der Waals surface area contributed by atoms with E-state index in [0.29, 0.717) is 5.56 Å². The van der Waals surface area contributed by atoms with E-state index in [1.54, 1.807) is 6.07 Å². The van der Waals surface area contributed by atoms with Gasteiger partial charge in [-0.1, -0.05) is 29.4 Å². The van der Waals surface area contributed by atoms with E-state index in [-0.39, 0.29) is 5.71 Å². The number of hydrogen-bond acceptors (Lipinski definition) is 4. The van der Waals surface area contributed by atoms with Crippen molar-refractivity contribution >= 4 is 11.7 Å². The highest BCUT2D eigenvalue weighted by Crippen LogP contribution is 2.09. The van der Waals surface area contributed by atoms with Gasteiger partial charge in [-0.3, -0.25) is 0 Å². The summed E-state index contributed by atoms with van der Waals surface area (Å²) in [7, 11) is 2.70. The second-order valence-electron chi connectivity index (χ2n) is 2.93. The zero-order valence-electron chi connectivity index (χ0n) is 8.98. The number of oxime groups is 1. The molecule has 0 fully saturated rings. The monoisotopic (exact) mass is 207 g/mol. The summed E-state index contributed by atoms with van der Waals surface area (Å²) in [4.78, 5) is 16.0. The first-order valence-electron chi connectivity index (χ1n) is 4.46. The molecule has 4 heteroatoms. The van der Waals surface area contributed by atoms with Gasteiger partial charge in [0.1, 0.15) is 7.11 Å². The maximum absolute atomic E-state index is 11.4. The summed E-state index contributed by atoms with van der Waals surface area (Å²) in [6, 6.07) is 7.41.